The van der Waals surface area contributed by atoms with E-state index in [1.807, 2.05) is 12.1 Å². The molecule has 0 aromatic heterocycles. The van der Waals surface area contributed by atoms with Gasteiger partial charge in [-0.05, 0) is 55.2 Å². The van der Waals surface area contributed by atoms with Gasteiger partial charge in [0.1, 0.15) is 0 Å². The lowest BCUT2D eigenvalue weighted by Crippen LogP contribution is -2.12. The molecule has 0 aliphatic rings. The van der Waals surface area contributed by atoms with Crippen LogP contribution in [0.4, 0.5) is 0 Å². The molecule has 1 rings (SSSR count). The van der Waals surface area contributed by atoms with Crippen LogP contribution in [0.25, 0.3) is 0 Å². The van der Waals surface area contributed by atoms with Crippen LogP contribution in [0.15, 0.2) is 18.2 Å². The van der Waals surface area contributed by atoms with Gasteiger partial charge < -0.3 is 9.47 Å². The fraction of sp³-hybridized carbons (Fsp3) is 0.742. The largest absolute Gasteiger partial charge is 0.423 e. The second-order valence-corrected chi connectivity index (χ2v) is 10.9. The number of benzene rings is 1. The highest BCUT2D eigenvalue weighted by atomic mass is 16.6. The minimum absolute atomic E-state index is 0.254. The van der Waals surface area contributed by atoms with Crippen LogP contribution in [0.1, 0.15) is 136 Å². The zero-order valence-corrected chi connectivity index (χ0v) is 23.3. The Morgan fingerprint density at radius 3 is 1.71 bits per heavy atom. The molecular formula is C31H52O4. The monoisotopic (exact) mass is 488 g/mol. The maximum Gasteiger partial charge on any atom is 0.311 e. The third-order valence-corrected chi connectivity index (χ3v) is 6.35. The van der Waals surface area contributed by atoms with E-state index in [1.165, 1.54) is 38.5 Å². The number of rotatable bonds is 20. The van der Waals surface area contributed by atoms with E-state index in [1.54, 1.807) is 6.07 Å². The predicted octanol–water partition coefficient (Wildman–Crippen LogP) is 9.22. The van der Waals surface area contributed by atoms with Gasteiger partial charge in [-0.15, -0.1) is 0 Å². The first kappa shape index (κ1) is 31.2. The van der Waals surface area contributed by atoms with Gasteiger partial charge in [0.2, 0.25) is 0 Å². The molecule has 0 amide bonds. The van der Waals surface area contributed by atoms with Gasteiger partial charge in [0, 0.05) is 12.8 Å². The molecule has 0 aliphatic carbocycles. The quantitative estimate of drug-likeness (QED) is 0.104. The number of hydrogen-bond acceptors (Lipinski definition) is 4. The lowest BCUT2D eigenvalue weighted by molar-refractivity contribution is -0.137. The second kappa shape index (κ2) is 19.4. The van der Waals surface area contributed by atoms with E-state index < -0.39 is 0 Å². The van der Waals surface area contributed by atoms with Crippen LogP contribution in [0, 0.1) is 11.8 Å². The summed E-state index contributed by atoms with van der Waals surface area (Å²) in [6, 6.07) is 5.69. The third kappa shape index (κ3) is 16.5. The van der Waals surface area contributed by atoms with Crippen LogP contribution in [0.2, 0.25) is 0 Å². The first-order chi connectivity index (χ1) is 16.8. The van der Waals surface area contributed by atoms with Gasteiger partial charge in [0.15, 0.2) is 11.5 Å². The highest BCUT2D eigenvalue weighted by Gasteiger charge is 2.15. The zero-order valence-electron chi connectivity index (χ0n) is 23.3. The van der Waals surface area contributed by atoms with Crippen molar-refractivity contribution in [2.24, 2.45) is 11.8 Å². The molecule has 0 bridgehead atoms. The minimum atomic E-state index is -0.261. The van der Waals surface area contributed by atoms with Gasteiger partial charge in [-0.2, -0.15) is 0 Å². The van der Waals surface area contributed by atoms with Crippen molar-refractivity contribution in [2.75, 3.05) is 0 Å². The van der Waals surface area contributed by atoms with Gasteiger partial charge >= 0.3 is 11.9 Å². The maximum atomic E-state index is 12.5. The average molecular weight is 489 g/mol. The predicted molar refractivity (Wildman–Crippen MR) is 146 cm³/mol. The minimum Gasteiger partial charge on any atom is -0.423 e. The van der Waals surface area contributed by atoms with E-state index in [4.69, 9.17) is 9.47 Å². The van der Waals surface area contributed by atoms with Gasteiger partial charge in [-0.1, -0.05) is 105 Å². The van der Waals surface area contributed by atoms with Crippen LogP contribution in [-0.4, -0.2) is 11.9 Å². The Morgan fingerprint density at radius 1 is 0.657 bits per heavy atom. The van der Waals surface area contributed by atoms with Crippen molar-refractivity contribution in [1.82, 2.24) is 0 Å². The van der Waals surface area contributed by atoms with E-state index in [-0.39, 0.29) is 11.9 Å². The summed E-state index contributed by atoms with van der Waals surface area (Å²) < 4.78 is 11.3. The number of hydrogen-bond donors (Lipinski definition) is 0. The molecule has 4 heteroatoms. The van der Waals surface area contributed by atoms with Crippen molar-refractivity contribution in [3.05, 3.63) is 23.8 Å². The lowest BCUT2D eigenvalue weighted by Gasteiger charge is -2.13. The molecule has 35 heavy (non-hydrogen) atoms. The van der Waals surface area contributed by atoms with Gasteiger partial charge in [-0.25, -0.2) is 0 Å². The van der Waals surface area contributed by atoms with Gasteiger partial charge in [0.05, 0.1) is 0 Å². The Labute approximate surface area is 215 Å². The zero-order chi connectivity index (χ0) is 25.9. The van der Waals surface area contributed by atoms with E-state index in [2.05, 4.69) is 34.6 Å². The Morgan fingerprint density at radius 2 is 1.17 bits per heavy atom. The first-order valence-electron chi connectivity index (χ1n) is 14.4. The number of unbranched alkanes of at least 4 members (excludes halogenated alkanes) is 8. The average Bonchev–Trinajstić information content (AvgIpc) is 2.80. The summed E-state index contributed by atoms with van der Waals surface area (Å²) in [4.78, 5) is 24.9. The van der Waals surface area contributed by atoms with Crippen LogP contribution in [0.3, 0.4) is 0 Å². The van der Waals surface area contributed by atoms with Crippen molar-refractivity contribution in [3.63, 3.8) is 0 Å². The molecule has 0 aliphatic heterocycles. The standard InChI is InChI=1S/C31H52O4/c1-6-7-8-9-10-11-12-19-27-22-23-28(34-30(32)20-15-13-17-25(2)3)29(24-27)35-31(33)21-16-14-18-26(4)5/h22-26H,6-21H2,1-5H3. The van der Waals surface area contributed by atoms with Crippen LogP contribution in [0.5, 0.6) is 11.5 Å². The van der Waals surface area contributed by atoms with Crippen molar-refractivity contribution in [2.45, 2.75) is 137 Å². The summed E-state index contributed by atoms with van der Waals surface area (Å²) in [7, 11) is 0. The van der Waals surface area contributed by atoms with Crippen LogP contribution in [-0.2, 0) is 16.0 Å². The van der Waals surface area contributed by atoms with Gasteiger partial charge in [-0.3, -0.25) is 9.59 Å². The molecule has 1 aromatic rings. The highest BCUT2D eigenvalue weighted by Crippen LogP contribution is 2.30. The Bertz CT molecular complexity index is 708. The number of aryl methyl sites for hydroxylation is 1. The van der Waals surface area contributed by atoms with Crippen molar-refractivity contribution in [3.8, 4) is 11.5 Å². The molecule has 0 radical (unpaired) electrons. The molecule has 0 saturated carbocycles. The summed E-state index contributed by atoms with van der Waals surface area (Å²) in [5, 5.41) is 0. The maximum absolute atomic E-state index is 12.5. The molecule has 0 unspecified atom stereocenters. The van der Waals surface area contributed by atoms with E-state index >= 15 is 0 Å². The number of esters is 2. The van der Waals surface area contributed by atoms with E-state index in [9.17, 15) is 9.59 Å². The van der Waals surface area contributed by atoms with Gasteiger partial charge in [0.25, 0.3) is 0 Å². The lowest BCUT2D eigenvalue weighted by atomic mass is 10.0. The fourth-order valence-electron chi connectivity index (χ4n) is 4.15. The SMILES string of the molecule is CCCCCCCCCc1ccc(OC(=O)CCCCC(C)C)c(OC(=O)CCCCC(C)C)c1. The molecule has 0 N–H and O–H groups in total. The molecular weight excluding hydrogens is 436 g/mol. The Balaban J connectivity index is 2.67. The van der Waals surface area contributed by atoms with Crippen LogP contribution < -0.4 is 9.47 Å². The molecule has 200 valence electrons. The molecule has 0 heterocycles. The Hall–Kier alpha value is -1.84. The summed E-state index contributed by atoms with van der Waals surface area (Å²) >= 11 is 0. The number of carbonyl (C=O) groups excluding carboxylic acids is 2. The number of carbonyl (C=O) groups is 2. The molecule has 0 spiro atoms. The molecule has 4 nitrogen and oxygen atoms in total. The number of ether oxygens (including phenoxy) is 2. The smallest absolute Gasteiger partial charge is 0.311 e. The first-order valence-corrected chi connectivity index (χ1v) is 14.4. The third-order valence-electron chi connectivity index (χ3n) is 6.35. The molecule has 0 atom stereocenters. The summed E-state index contributed by atoms with van der Waals surface area (Å²) in [5.41, 5.74) is 1.12. The van der Waals surface area contributed by atoms with E-state index in [0.29, 0.717) is 36.2 Å². The highest BCUT2D eigenvalue weighted by molar-refractivity contribution is 5.76. The molecule has 0 saturated heterocycles. The van der Waals surface area contributed by atoms with Crippen molar-refractivity contribution < 1.29 is 19.1 Å². The van der Waals surface area contributed by atoms with E-state index in [0.717, 1.165) is 56.9 Å². The van der Waals surface area contributed by atoms with Crippen LogP contribution >= 0.6 is 0 Å². The normalized spacial score (nSPS) is 11.3. The van der Waals surface area contributed by atoms with Crippen molar-refractivity contribution >= 4 is 11.9 Å². The summed E-state index contributed by atoms with van der Waals surface area (Å²) in [6.45, 7) is 11.0. The molecule has 1 aromatic carbocycles. The topological polar surface area (TPSA) is 52.6 Å². The summed E-state index contributed by atoms with van der Waals surface area (Å²) in [6.07, 6.45) is 16.4. The fourth-order valence-corrected chi connectivity index (χ4v) is 4.15. The Kier molecular flexibility index (Phi) is 17.3. The summed E-state index contributed by atoms with van der Waals surface area (Å²) in [5.74, 6) is 1.51. The molecule has 0 fully saturated rings. The van der Waals surface area contributed by atoms with Crippen molar-refractivity contribution in [1.29, 1.82) is 0 Å². The second-order valence-electron chi connectivity index (χ2n) is 10.9.